The normalized spacial score (nSPS) is 14.2. The fraction of sp³-hybridized carbons (Fsp3) is 0.571. The lowest BCUT2D eigenvalue weighted by atomic mass is 10.3. The van der Waals surface area contributed by atoms with Crippen LogP contribution < -0.4 is 0 Å². The Hall–Kier alpha value is -0.0600. The van der Waals surface area contributed by atoms with Gasteiger partial charge in [-0.15, -0.1) is 0 Å². The first-order chi connectivity index (χ1) is 6.85. The van der Waals surface area contributed by atoms with E-state index in [4.69, 9.17) is 23.2 Å². The minimum Gasteiger partial charge on any atom is -0.415 e. The van der Waals surface area contributed by atoms with E-state index in [1.165, 1.54) is 0 Å². The van der Waals surface area contributed by atoms with Crippen LogP contribution in [0.25, 0.3) is 0 Å². The summed E-state index contributed by atoms with van der Waals surface area (Å²) in [5.41, 5.74) is -0.744. The van der Waals surface area contributed by atoms with Crippen LogP contribution in [0.2, 0.25) is 0 Å². The first-order valence-corrected chi connectivity index (χ1v) is 6.33. The molecule has 1 unspecified atom stereocenters. The number of halogens is 2. The van der Waals surface area contributed by atoms with E-state index in [1.54, 1.807) is 6.92 Å². The predicted molar refractivity (Wildman–Crippen MR) is 56.6 cm³/mol. The van der Waals surface area contributed by atoms with Crippen molar-refractivity contribution in [2.45, 2.75) is 19.8 Å². The molecule has 0 aromatic carbocycles. The van der Waals surface area contributed by atoms with Gasteiger partial charge in [0.1, 0.15) is 0 Å². The Balaban J connectivity index is 4.82. The van der Waals surface area contributed by atoms with Crippen LogP contribution in [0.5, 0.6) is 0 Å². The molecule has 0 aliphatic rings. The highest BCUT2D eigenvalue weighted by atomic mass is 35.5. The molecule has 0 rings (SSSR count). The minimum atomic E-state index is -4.24. The number of carbonyl (C=O) groups excluding carboxylic acids is 1. The van der Waals surface area contributed by atoms with E-state index in [0.29, 0.717) is 6.42 Å². The van der Waals surface area contributed by atoms with E-state index in [9.17, 15) is 14.3 Å². The minimum absolute atomic E-state index is 0.0915. The summed E-state index contributed by atoms with van der Waals surface area (Å²) in [7, 11) is -3.27. The Morgan fingerprint density at radius 2 is 2.00 bits per heavy atom. The monoisotopic (exact) mass is 276 g/mol. The number of rotatable bonds is 5. The van der Waals surface area contributed by atoms with Crippen molar-refractivity contribution in [1.29, 1.82) is 0 Å². The molecule has 1 N–H and O–H groups in total. The van der Waals surface area contributed by atoms with E-state index < -0.39 is 23.6 Å². The molecule has 0 aromatic rings. The molecule has 0 aliphatic carbocycles. The van der Waals surface area contributed by atoms with E-state index in [2.05, 4.69) is 9.26 Å². The molecule has 0 spiro atoms. The molecule has 0 saturated heterocycles. The zero-order chi connectivity index (χ0) is 12.1. The largest absolute Gasteiger partial charge is 0.415 e. The molecular weight excluding hydrogens is 266 g/mol. The second-order valence-electron chi connectivity index (χ2n) is 2.49. The third-order valence-corrected chi connectivity index (χ3v) is 3.26. The fourth-order valence-corrected chi connectivity index (χ4v) is 1.96. The molecule has 88 valence electrons. The fourth-order valence-electron chi connectivity index (χ4n) is 0.649. The van der Waals surface area contributed by atoms with E-state index in [1.807, 2.05) is 0 Å². The van der Waals surface area contributed by atoms with Gasteiger partial charge in [0.15, 0.2) is 4.49 Å². The van der Waals surface area contributed by atoms with Crippen LogP contribution in [0.3, 0.4) is 0 Å². The van der Waals surface area contributed by atoms with Crippen molar-refractivity contribution in [1.82, 2.24) is 0 Å². The molecule has 0 amide bonds. The van der Waals surface area contributed by atoms with Crippen LogP contribution in [0.15, 0.2) is 9.99 Å². The SMILES string of the molecule is CCCC(=O)OC(=C(Cl)Cl)P(=O)(O)OC. The van der Waals surface area contributed by atoms with Gasteiger partial charge in [-0.25, -0.2) is 0 Å². The Bertz CT molecular complexity index is 311. The van der Waals surface area contributed by atoms with Gasteiger partial charge < -0.3 is 14.2 Å². The van der Waals surface area contributed by atoms with Crippen molar-refractivity contribution < 1.29 is 23.5 Å². The predicted octanol–water partition coefficient (Wildman–Crippen LogP) is 2.77. The van der Waals surface area contributed by atoms with Crippen LogP contribution in [-0.2, 0) is 18.6 Å². The quantitative estimate of drug-likeness (QED) is 0.475. The number of hydrogen-bond donors (Lipinski definition) is 1. The number of ether oxygens (including phenoxy) is 1. The summed E-state index contributed by atoms with van der Waals surface area (Å²) in [5, 5.41) is 0. The Labute approximate surface area is 97.5 Å². The number of carbonyl (C=O) groups is 1. The first-order valence-electron chi connectivity index (χ1n) is 4.00. The maximum Gasteiger partial charge on any atom is 0.396 e. The highest BCUT2D eigenvalue weighted by Crippen LogP contribution is 2.53. The second kappa shape index (κ2) is 6.51. The van der Waals surface area contributed by atoms with Crippen molar-refractivity contribution in [2.24, 2.45) is 0 Å². The standard InChI is InChI=1S/C7H11Cl2O5P/c1-3-4-5(10)14-7(6(8)9)15(11,12)13-2/h3-4H2,1-2H3,(H,11,12). The molecule has 15 heavy (non-hydrogen) atoms. The maximum absolute atomic E-state index is 11.3. The molecule has 8 heteroatoms. The third kappa shape index (κ3) is 5.00. The molecular formula is C7H11Cl2O5P. The zero-order valence-electron chi connectivity index (χ0n) is 8.20. The zero-order valence-corrected chi connectivity index (χ0v) is 10.6. The molecule has 0 aromatic heterocycles. The lowest BCUT2D eigenvalue weighted by Gasteiger charge is -2.12. The van der Waals surface area contributed by atoms with Crippen molar-refractivity contribution in [3.8, 4) is 0 Å². The van der Waals surface area contributed by atoms with Crippen molar-refractivity contribution in [3.63, 3.8) is 0 Å². The van der Waals surface area contributed by atoms with Gasteiger partial charge in [0, 0.05) is 13.5 Å². The van der Waals surface area contributed by atoms with Crippen molar-refractivity contribution in [3.05, 3.63) is 9.99 Å². The summed E-state index contributed by atoms with van der Waals surface area (Å²) >= 11 is 10.6. The highest BCUT2D eigenvalue weighted by Gasteiger charge is 2.31. The van der Waals surface area contributed by atoms with Gasteiger partial charge in [-0.1, -0.05) is 30.1 Å². The topological polar surface area (TPSA) is 72.8 Å². The van der Waals surface area contributed by atoms with Gasteiger partial charge in [-0.2, -0.15) is 0 Å². The molecule has 1 atom stereocenters. The number of esters is 1. The maximum atomic E-state index is 11.3. The van der Waals surface area contributed by atoms with Crippen LogP contribution in [-0.4, -0.2) is 18.0 Å². The van der Waals surface area contributed by atoms with Crippen molar-refractivity contribution >= 4 is 36.8 Å². The van der Waals surface area contributed by atoms with Gasteiger partial charge in [0.2, 0.25) is 5.50 Å². The van der Waals surface area contributed by atoms with Crippen LogP contribution in [0.4, 0.5) is 0 Å². The summed E-state index contributed by atoms with van der Waals surface area (Å²) in [6.45, 7) is 1.75. The lowest BCUT2D eigenvalue weighted by Crippen LogP contribution is -2.05. The highest BCUT2D eigenvalue weighted by molar-refractivity contribution is 7.57. The van der Waals surface area contributed by atoms with Crippen LogP contribution >= 0.6 is 30.8 Å². The summed E-state index contributed by atoms with van der Waals surface area (Å²) in [5.74, 6) is -0.697. The molecule has 0 heterocycles. The average molecular weight is 277 g/mol. The van der Waals surface area contributed by atoms with E-state index in [-0.39, 0.29) is 6.42 Å². The molecule has 5 nitrogen and oxygen atoms in total. The van der Waals surface area contributed by atoms with Gasteiger partial charge >= 0.3 is 13.6 Å². The molecule has 0 aliphatic heterocycles. The number of hydrogen-bond acceptors (Lipinski definition) is 4. The van der Waals surface area contributed by atoms with Gasteiger partial charge in [0.05, 0.1) is 0 Å². The Kier molecular flexibility index (Phi) is 6.48. The van der Waals surface area contributed by atoms with Crippen LogP contribution in [0, 0.1) is 0 Å². The first kappa shape index (κ1) is 14.9. The van der Waals surface area contributed by atoms with Gasteiger partial charge in [-0.3, -0.25) is 9.36 Å². The van der Waals surface area contributed by atoms with Crippen molar-refractivity contribution in [2.75, 3.05) is 7.11 Å². The average Bonchev–Trinajstić information content (AvgIpc) is 2.14. The van der Waals surface area contributed by atoms with Crippen LogP contribution in [0.1, 0.15) is 19.8 Å². The third-order valence-electron chi connectivity index (χ3n) is 1.33. The summed E-state index contributed by atoms with van der Waals surface area (Å²) in [4.78, 5) is 20.3. The molecule has 0 fully saturated rings. The molecule has 0 radical (unpaired) electrons. The molecule has 0 bridgehead atoms. The smallest absolute Gasteiger partial charge is 0.396 e. The summed E-state index contributed by atoms with van der Waals surface area (Å²) in [6, 6.07) is 0. The van der Waals surface area contributed by atoms with E-state index in [0.717, 1.165) is 7.11 Å². The Morgan fingerprint density at radius 3 is 2.33 bits per heavy atom. The Morgan fingerprint density at radius 1 is 1.47 bits per heavy atom. The molecule has 0 saturated carbocycles. The lowest BCUT2D eigenvalue weighted by molar-refractivity contribution is -0.138. The van der Waals surface area contributed by atoms with E-state index >= 15 is 0 Å². The van der Waals surface area contributed by atoms with Gasteiger partial charge in [-0.05, 0) is 6.42 Å². The van der Waals surface area contributed by atoms with Gasteiger partial charge in [0.25, 0.3) is 0 Å². The summed E-state index contributed by atoms with van der Waals surface area (Å²) < 4.78 is 19.5. The second-order valence-corrected chi connectivity index (χ2v) is 5.25. The summed E-state index contributed by atoms with van der Waals surface area (Å²) in [6.07, 6.45) is 0.628.